The fourth-order valence-corrected chi connectivity index (χ4v) is 5.21. The highest BCUT2D eigenvalue weighted by molar-refractivity contribution is 5.78. The molecule has 0 aromatic carbocycles. The van der Waals surface area contributed by atoms with Gasteiger partial charge in [-0.05, 0) is 76.0 Å². The molecule has 6 nitrogen and oxygen atoms in total. The lowest BCUT2D eigenvalue weighted by Gasteiger charge is -2.30. The maximum Gasteiger partial charge on any atom is 0.389 e. The molecular weight excluding hydrogens is 457 g/mol. The van der Waals surface area contributed by atoms with Crippen molar-refractivity contribution in [2.45, 2.75) is 83.4 Å². The van der Waals surface area contributed by atoms with Gasteiger partial charge in [-0.15, -0.1) is 0 Å². The third-order valence-corrected chi connectivity index (χ3v) is 7.24. The zero-order chi connectivity index (χ0) is 24.8. The first-order valence-electron chi connectivity index (χ1n) is 12.7. The van der Waals surface area contributed by atoms with Crippen molar-refractivity contribution in [3.63, 3.8) is 0 Å². The quantitative estimate of drug-likeness (QED) is 0.584. The van der Waals surface area contributed by atoms with E-state index in [9.17, 15) is 18.0 Å². The van der Waals surface area contributed by atoms with E-state index >= 15 is 0 Å². The third kappa shape index (κ3) is 8.05. The number of halogens is 3. The summed E-state index contributed by atoms with van der Waals surface area (Å²) in [6.07, 6.45) is 2.30. The highest BCUT2D eigenvalue weighted by Gasteiger charge is 2.27. The SMILES string of the molecule is Cc1cc(CC(=O)N[C@H]2CC[C@H](CCN3CCc4ccc(CCC(F)(F)F)nc4CC3)CC2)no1. The van der Waals surface area contributed by atoms with Crippen LogP contribution in [0, 0.1) is 12.8 Å². The van der Waals surface area contributed by atoms with Gasteiger partial charge in [0.1, 0.15) is 5.76 Å². The van der Waals surface area contributed by atoms with Crippen molar-refractivity contribution < 1.29 is 22.5 Å². The summed E-state index contributed by atoms with van der Waals surface area (Å²) in [6, 6.07) is 5.75. The van der Waals surface area contributed by atoms with Crippen LogP contribution in [0.4, 0.5) is 13.2 Å². The van der Waals surface area contributed by atoms with Crippen molar-refractivity contribution >= 4 is 5.91 Å². The summed E-state index contributed by atoms with van der Waals surface area (Å²) in [5.41, 5.74) is 3.33. The molecule has 0 spiro atoms. The third-order valence-electron chi connectivity index (χ3n) is 7.24. The molecule has 0 unspecified atom stereocenters. The van der Waals surface area contributed by atoms with E-state index in [4.69, 9.17) is 4.52 Å². The minimum absolute atomic E-state index is 0.000978. The number of aryl methyl sites for hydroxylation is 2. The van der Waals surface area contributed by atoms with Crippen LogP contribution < -0.4 is 5.32 Å². The lowest BCUT2D eigenvalue weighted by atomic mass is 9.84. The molecule has 2 aromatic heterocycles. The summed E-state index contributed by atoms with van der Waals surface area (Å²) >= 11 is 0. The molecule has 4 rings (SSSR count). The number of rotatable bonds is 8. The van der Waals surface area contributed by atoms with E-state index in [1.807, 2.05) is 13.0 Å². The van der Waals surface area contributed by atoms with Gasteiger partial charge in [0.05, 0.1) is 12.1 Å². The molecular formula is C26H35F3N4O2. The van der Waals surface area contributed by atoms with Crippen molar-refractivity contribution in [3.8, 4) is 0 Å². The Hall–Kier alpha value is -2.42. The summed E-state index contributed by atoms with van der Waals surface area (Å²) in [4.78, 5) is 19.3. The van der Waals surface area contributed by atoms with Crippen molar-refractivity contribution in [1.82, 2.24) is 20.4 Å². The molecule has 2 aliphatic rings. The lowest BCUT2D eigenvalue weighted by molar-refractivity contribution is -0.134. The highest BCUT2D eigenvalue weighted by Crippen LogP contribution is 2.28. The van der Waals surface area contributed by atoms with Gasteiger partial charge in [0.25, 0.3) is 0 Å². The first-order valence-corrected chi connectivity index (χ1v) is 12.7. The van der Waals surface area contributed by atoms with Crippen LogP contribution >= 0.6 is 0 Å². The molecule has 1 aliphatic carbocycles. The fourth-order valence-electron chi connectivity index (χ4n) is 5.21. The fraction of sp³-hybridized carbons (Fsp3) is 0.654. The smallest absolute Gasteiger partial charge is 0.361 e. The van der Waals surface area contributed by atoms with Crippen molar-refractivity contribution in [2.24, 2.45) is 5.92 Å². The van der Waals surface area contributed by atoms with Gasteiger partial charge in [0, 0.05) is 49.4 Å². The molecule has 1 saturated carbocycles. The number of hydrogen-bond acceptors (Lipinski definition) is 5. The maximum absolute atomic E-state index is 12.5. The zero-order valence-corrected chi connectivity index (χ0v) is 20.4. The Morgan fingerprint density at radius 1 is 1.14 bits per heavy atom. The van der Waals surface area contributed by atoms with Crippen molar-refractivity contribution in [2.75, 3.05) is 19.6 Å². The van der Waals surface area contributed by atoms with Crippen LogP contribution in [-0.2, 0) is 30.5 Å². The average molecular weight is 493 g/mol. The van der Waals surface area contributed by atoms with Crippen LogP contribution in [0.2, 0.25) is 0 Å². The van der Waals surface area contributed by atoms with E-state index in [2.05, 4.69) is 20.4 Å². The van der Waals surface area contributed by atoms with E-state index in [1.165, 1.54) is 5.56 Å². The molecule has 2 aromatic rings. The molecule has 0 atom stereocenters. The second-order valence-electron chi connectivity index (χ2n) is 10.0. The lowest BCUT2D eigenvalue weighted by Crippen LogP contribution is -2.39. The number of carbonyl (C=O) groups is 1. The Morgan fingerprint density at radius 2 is 1.91 bits per heavy atom. The number of amides is 1. The Balaban J connectivity index is 1.16. The summed E-state index contributed by atoms with van der Waals surface area (Å²) in [5.74, 6) is 1.38. The second-order valence-corrected chi connectivity index (χ2v) is 10.0. The first kappa shape index (κ1) is 25.7. The van der Waals surface area contributed by atoms with Crippen LogP contribution in [0.1, 0.15) is 66.9 Å². The first-order chi connectivity index (χ1) is 16.7. The minimum atomic E-state index is -4.15. The highest BCUT2D eigenvalue weighted by atomic mass is 19.4. The Morgan fingerprint density at radius 3 is 2.63 bits per heavy atom. The van der Waals surface area contributed by atoms with Gasteiger partial charge in [-0.3, -0.25) is 9.78 Å². The summed E-state index contributed by atoms with van der Waals surface area (Å²) in [7, 11) is 0. The number of pyridine rings is 1. The van der Waals surface area contributed by atoms with Gasteiger partial charge in [0.15, 0.2) is 0 Å². The van der Waals surface area contributed by atoms with Gasteiger partial charge >= 0.3 is 6.18 Å². The van der Waals surface area contributed by atoms with Crippen LogP contribution in [0.5, 0.6) is 0 Å². The van der Waals surface area contributed by atoms with Gasteiger partial charge in [0.2, 0.25) is 5.91 Å². The van der Waals surface area contributed by atoms with Crippen LogP contribution in [0.25, 0.3) is 0 Å². The number of carbonyl (C=O) groups excluding carboxylic acids is 1. The van der Waals surface area contributed by atoms with Crippen molar-refractivity contribution in [3.05, 3.63) is 46.6 Å². The summed E-state index contributed by atoms with van der Waals surface area (Å²) in [5, 5.41) is 7.03. The van der Waals surface area contributed by atoms with Gasteiger partial charge in [-0.1, -0.05) is 11.2 Å². The number of fused-ring (bicyclic) bond motifs is 1. The average Bonchev–Trinajstić information content (AvgIpc) is 3.10. The molecule has 35 heavy (non-hydrogen) atoms. The predicted molar refractivity (Wildman–Crippen MR) is 126 cm³/mol. The van der Waals surface area contributed by atoms with Crippen LogP contribution in [0.15, 0.2) is 22.7 Å². The molecule has 1 N–H and O–H groups in total. The standard InChI is InChI=1S/C26H35F3N4O2/c1-18-16-23(32-35-18)17-25(34)31-21-5-2-19(3-6-21)9-13-33-14-10-20-4-7-22(8-12-26(27,28)29)30-24(20)11-15-33/h4,7,16,19,21H,2-3,5-6,8-15,17H2,1H3,(H,31,34)/t19-,21-. The van der Waals surface area contributed by atoms with Gasteiger partial charge < -0.3 is 14.7 Å². The maximum atomic E-state index is 12.5. The number of hydrogen-bond donors (Lipinski definition) is 1. The molecule has 192 valence electrons. The largest absolute Gasteiger partial charge is 0.389 e. The van der Waals surface area contributed by atoms with E-state index in [0.29, 0.717) is 23.1 Å². The molecule has 1 amide bonds. The molecule has 0 radical (unpaired) electrons. The van der Waals surface area contributed by atoms with Gasteiger partial charge in [-0.25, -0.2) is 0 Å². The van der Waals surface area contributed by atoms with E-state index in [0.717, 1.165) is 70.3 Å². The Kier molecular flexibility index (Phi) is 8.46. The number of aromatic nitrogens is 2. The van der Waals surface area contributed by atoms with Crippen LogP contribution in [-0.4, -0.2) is 52.8 Å². The number of nitrogens with one attached hydrogen (secondary N) is 1. The topological polar surface area (TPSA) is 71.3 Å². The molecule has 3 heterocycles. The van der Waals surface area contributed by atoms with Gasteiger partial charge in [-0.2, -0.15) is 13.2 Å². The Labute approximate surface area is 204 Å². The molecule has 1 fully saturated rings. The monoisotopic (exact) mass is 492 g/mol. The van der Waals surface area contributed by atoms with Crippen LogP contribution in [0.3, 0.4) is 0 Å². The molecule has 0 bridgehead atoms. The second kappa shape index (κ2) is 11.5. The summed E-state index contributed by atoms with van der Waals surface area (Å²) < 4.78 is 42.6. The normalized spacial score (nSPS) is 21.4. The van der Waals surface area contributed by atoms with Crippen molar-refractivity contribution in [1.29, 1.82) is 0 Å². The number of alkyl halides is 3. The summed E-state index contributed by atoms with van der Waals surface area (Å²) in [6.45, 7) is 4.71. The Bertz CT molecular complexity index is 983. The molecule has 1 aliphatic heterocycles. The van der Waals surface area contributed by atoms with E-state index < -0.39 is 12.6 Å². The minimum Gasteiger partial charge on any atom is -0.361 e. The molecule has 0 saturated heterocycles. The van der Waals surface area contributed by atoms with E-state index in [-0.39, 0.29) is 24.8 Å². The predicted octanol–water partition coefficient (Wildman–Crippen LogP) is 4.58. The molecule has 9 heteroatoms. The van der Waals surface area contributed by atoms with E-state index in [1.54, 1.807) is 12.1 Å². The number of nitrogens with zero attached hydrogens (tertiary/aromatic N) is 3. The zero-order valence-electron chi connectivity index (χ0n) is 20.4.